The highest BCUT2D eigenvalue weighted by molar-refractivity contribution is 8.00. The van der Waals surface area contributed by atoms with Crippen molar-refractivity contribution in [2.45, 2.75) is 12.4 Å². The zero-order chi connectivity index (χ0) is 13.1. The maximum atomic E-state index is 12.8. The Balaban J connectivity index is 2.50. The molecule has 0 saturated carbocycles. The van der Waals surface area contributed by atoms with Gasteiger partial charge in [0.2, 0.25) is 0 Å². The molecule has 96 valence electrons. The van der Waals surface area contributed by atoms with E-state index in [9.17, 15) is 22.0 Å². The van der Waals surface area contributed by atoms with Crippen LogP contribution in [-0.4, -0.2) is 17.9 Å². The van der Waals surface area contributed by atoms with Gasteiger partial charge in [-0.15, -0.1) is 0 Å². The Bertz CT molecular complexity index is 391. The van der Waals surface area contributed by atoms with E-state index < -0.39 is 17.1 Å². The second-order valence-electron chi connectivity index (χ2n) is 3.17. The van der Waals surface area contributed by atoms with Crippen LogP contribution in [-0.2, 0) is 0 Å². The molecule has 0 atom stereocenters. The predicted molar refractivity (Wildman–Crippen MR) is 55.1 cm³/mol. The fourth-order valence-corrected chi connectivity index (χ4v) is 1.49. The number of thioether (sulfide) groups is 1. The van der Waals surface area contributed by atoms with E-state index in [1.54, 1.807) is 0 Å². The lowest BCUT2D eigenvalue weighted by Gasteiger charge is -2.10. The molecule has 1 nitrogen and oxygen atoms in total. The Morgan fingerprint density at radius 3 is 2.35 bits per heavy atom. The number of hydrogen-bond acceptors (Lipinski definition) is 2. The maximum absolute atomic E-state index is 12.8. The van der Waals surface area contributed by atoms with E-state index in [0.717, 1.165) is 12.1 Å². The molecule has 1 aromatic carbocycles. The van der Waals surface area contributed by atoms with E-state index >= 15 is 0 Å². The Kier molecular flexibility index (Phi) is 4.62. The summed E-state index contributed by atoms with van der Waals surface area (Å²) in [5.74, 6) is -2.36. The summed E-state index contributed by atoms with van der Waals surface area (Å²) in [6, 6.07) is 1.75. The van der Waals surface area contributed by atoms with Crippen molar-refractivity contribution >= 4 is 11.8 Å². The molecule has 0 aliphatic heterocycles. The summed E-state index contributed by atoms with van der Waals surface area (Å²) in [6.45, 7) is 1.25. The summed E-state index contributed by atoms with van der Waals surface area (Å²) in [7, 11) is 0. The molecule has 0 fully saturated rings. The summed E-state index contributed by atoms with van der Waals surface area (Å²) in [4.78, 5) is 0. The highest BCUT2D eigenvalue weighted by atomic mass is 32.2. The zero-order valence-electron chi connectivity index (χ0n) is 8.78. The highest BCUT2D eigenvalue weighted by Gasteiger charge is 2.27. The summed E-state index contributed by atoms with van der Waals surface area (Å²) in [5, 5.41) is 0. The lowest BCUT2D eigenvalue weighted by molar-refractivity contribution is -0.0329. The van der Waals surface area contributed by atoms with Gasteiger partial charge in [-0.3, -0.25) is 0 Å². The number of aryl methyl sites for hydroxylation is 1. The molecule has 0 bridgehead atoms. The van der Waals surface area contributed by atoms with Crippen LogP contribution in [0.4, 0.5) is 22.0 Å². The van der Waals surface area contributed by atoms with Crippen molar-refractivity contribution in [3.63, 3.8) is 0 Å². The van der Waals surface area contributed by atoms with E-state index in [4.69, 9.17) is 4.74 Å². The second kappa shape index (κ2) is 5.57. The number of benzene rings is 1. The van der Waals surface area contributed by atoms with Gasteiger partial charge in [0.15, 0.2) is 11.6 Å². The van der Waals surface area contributed by atoms with Gasteiger partial charge in [0.05, 0.1) is 6.61 Å². The molecule has 1 rings (SSSR count). The number of halogens is 5. The predicted octanol–water partition coefficient (Wildman–Crippen LogP) is 3.91. The van der Waals surface area contributed by atoms with E-state index in [1.165, 1.54) is 6.92 Å². The molecule has 0 spiro atoms. The average Bonchev–Trinajstić information content (AvgIpc) is 2.18. The molecular weight excluding hydrogens is 263 g/mol. The normalized spacial score (nSPS) is 11.6. The van der Waals surface area contributed by atoms with Crippen molar-refractivity contribution in [1.82, 2.24) is 0 Å². The summed E-state index contributed by atoms with van der Waals surface area (Å²) in [6.07, 6.45) is 0. The van der Waals surface area contributed by atoms with Crippen LogP contribution in [0.3, 0.4) is 0 Å². The quantitative estimate of drug-likeness (QED) is 0.607. The Labute approximate surface area is 99.0 Å². The third-order valence-corrected chi connectivity index (χ3v) is 2.52. The van der Waals surface area contributed by atoms with Gasteiger partial charge in [0, 0.05) is 11.8 Å². The van der Waals surface area contributed by atoms with Crippen LogP contribution >= 0.6 is 11.8 Å². The first-order valence-electron chi connectivity index (χ1n) is 4.59. The summed E-state index contributed by atoms with van der Waals surface area (Å²) < 4.78 is 65.8. The fourth-order valence-electron chi connectivity index (χ4n) is 1.09. The first-order valence-corrected chi connectivity index (χ1v) is 5.57. The smallest absolute Gasteiger partial charge is 0.441 e. The minimum Gasteiger partial charge on any atom is -0.492 e. The van der Waals surface area contributed by atoms with Gasteiger partial charge in [-0.1, -0.05) is 0 Å². The van der Waals surface area contributed by atoms with E-state index in [-0.39, 0.29) is 29.9 Å². The van der Waals surface area contributed by atoms with Gasteiger partial charge in [-0.2, -0.15) is 13.2 Å². The first kappa shape index (κ1) is 14.1. The molecule has 7 heteroatoms. The minimum atomic E-state index is -4.31. The number of rotatable bonds is 4. The SMILES string of the molecule is Cc1cc(F)c(F)cc1OCCSC(F)(F)F. The van der Waals surface area contributed by atoms with Gasteiger partial charge in [0.1, 0.15) is 5.75 Å². The van der Waals surface area contributed by atoms with E-state index in [2.05, 4.69) is 0 Å². The molecule has 0 N–H and O–H groups in total. The third-order valence-electron chi connectivity index (χ3n) is 1.82. The van der Waals surface area contributed by atoms with E-state index in [1.807, 2.05) is 0 Å². The van der Waals surface area contributed by atoms with Crippen LogP contribution in [0, 0.1) is 18.6 Å². The van der Waals surface area contributed by atoms with E-state index in [0.29, 0.717) is 5.56 Å². The fraction of sp³-hybridized carbons (Fsp3) is 0.400. The molecule has 0 aliphatic rings. The second-order valence-corrected chi connectivity index (χ2v) is 4.33. The van der Waals surface area contributed by atoms with Crippen molar-refractivity contribution in [1.29, 1.82) is 0 Å². The third kappa shape index (κ3) is 4.80. The summed E-state index contributed by atoms with van der Waals surface area (Å²) in [5.41, 5.74) is -3.98. The van der Waals surface area contributed by atoms with Gasteiger partial charge in [0.25, 0.3) is 0 Å². The maximum Gasteiger partial charge on any atom is 0.441 e. The van der Waals surface area contributed by atoms with Crippen molar-refractivity contribution in [3.05, 3.63) is 29.3 Å². The summed E-state index contributed by atoms with van der Waals surface area (Å²) >= 11 is -0.227. The standard InChI is InChI=1S/C10H9F5OS/c1-6-4-7(11)8(12)5-9(6)16-2-3-17-10(13,14)15/h4-5H,2-3H2,1H3. The topological polar surface area (TPSA) is 9.23 Å². The van der Waals surface area contributed by atoms with Gasteiger partial charge < -0.3 is 4.74 Å². The molecule has 0 amide bonds. The molecule has 0 aliphatic carbocycles. The van der Waals surface area contributed by atoms with Crippen molar-refractivity contribution in [3.8, 4) is 5.75 Å². The van der Waals surface area contributed by atoms with Gasteiger partial charge >= 0.3 is 5.51 Å². The van der Waals surface area contributed by atoms with Crippen LogP contribution in [0.5, 0.6) is 5.75 Å². The van der Waals surface area contributed by atoms with Gasteiger partial charge in [-0.05, 0) is 30.3 Å². The number of hydrogen-bond donors (Lipinski definition) is 0. The Hall–Kier alpha value is -0.980. The Morgan fingerprint density at radius 2 is 1.76 bits per heavy atom. The first-order chi connectivity index (χ1) is 7.79. The number of ether oxygens (including phenoxy) is 1. The monoisotopic (exact) mass is 272 g/mol. The van der Waals surface area contributed by atoms with Crippen molar-refractivity contribution in [2.24, 2.45) is 0 Å². The molecule has 0 radical (unpaired) electrons. The molecule has 1 aromatic rings. The van der Waals surface area contributed by atoms with Crippen LogP contribution in [0.1, 0.15) is 5.56 Å². The lowest BCUT2D eigenvalue weighted by atomic mass is 10.2. The largest absolute Gasteiger partial charge is 0.492 e. The number of alkyl halides is 3. The zero-order valence-corrected chi connectivity index (χ0v) is 9.59. The lowest BCUT2D eigenvalue weighted by Crippen LogP contribution is -2.08. The molecule has 0 aromatic heterocycles. The van der Waals surface area contributed by atoms with Crippen molar-refractivity contribution < 1.29 is 26.7 Å². The minimum absolute atomic E-state index is 0.0478. The van der Waals surface area contributed by atoms with Crippen LogP contribution in [0.2, 0.25) is 0 Å². The molecular formula is C10H9F5OS. The highest BCUT2D eigenvalue weighted by Crippen LogP contribution is 2.30. The molecule has 0 unspecified atom stereocenters. The molecule has 0 saturated heterocycles. The van der Waals surface area contributed by atoms with Crippen LogP contribution in [0.25, 0.3) is 0 Å². The Morgan fingerprint density at radius 1 is 1.18 bits per heavy atom. The van der Waals surface area contributed by atoms with Crippen molar-refractivity contribution in [2.75, 3.05) is 12.4 Å². The van der Waals surface area contributed by atoms with Gasteiger partial charge in [-0.25, -0.2) is 8.78 Å². The molecule has 0 heterocycles. The van der Waals surface area contributed by atoms with Crippen LogP contribution < -0.4 is 4.74 Å². The molecule has 17 heavy (non-hydrogen) atoms. The van der Waals surface area contributed by atoms with Crippen LogP contribution in [0.15, 0.2) is 12.1 Å². The average molecular weight is 272 g/mol.